The third kappa shape index (κ3) is 5.19. The van der Waals surface area contributed by atoms with Crippen molar-refractivity contribution >= 4 is 0 Å². The van der Waals surface area contributed by atoms with Gasteiger partial charge in [0.25, 0.3) is 0 Å². The normalized spacial score (nSPS) is 12.7. The van der Waals surface area contributed by atoms with Crippen LogP contribution in [-0.2, 0) is 11.2 Å². The summed E-state index contributed by atoms with van der Waals surface area (Å²) in [5, 5.41) is 3.55. The summed E-state index contributed by atoms with van der Waals surface area (Å²) < 4.78 is 5.28. The highest BCUT2D eigenvalue weighted by Crippen LogP contribution is 2.13. The highest BCUT2D eigenvalue weighted by atomic mass is 16.5. The molecule has 0 spiro atoms. The lowest BCUT2D eigenvalue weighted by atomic mass is 9.99. The van der Waals surface area contributed by atoms with Crippen LogP contribution in [0.2, 0.25) is 0 Å². The van der Waals surface area contributed by atoms with E-state index in [-0.39, 0.29) is 0 Å². The molecule has 1 rings (SSSR count). The fourth-order valence-corrected chi connectivity index (χ4v) is 2.19. The predicted octanol–water partition coefficient (Wildman–Crippen LogP) is 3.25. The maximum Gasteiger partial charge on any atom is 0.0615 e. The number of aryl methyl sites for hydroxylation is 3. The van der Waals surface area contributed by atoms with Crippen LogP contribution < -0.4 is 5.32 Å². The van der Waals surface area contributed by atoms with Gasteiger partial charge >= 0.3 is 0 Å². The van der Waals surface area contributed by atoms with E-state index in [9.17, 15) is 0 Å². The van der Waals surface area contributed by atoms with Crippen molar-refractivity contribution in [3.05, 3.63) is 34.9 Å². The summed E-state index contributed by atoms with van der Waals surface area (Å²) in [6, 6.07) is 7.17. The molecule has 0 saturated heterocycles. The fourth-order valence-electron chi connectivity index (χ4n) is 2.19. The Labute approximate surface area is 112 Å². The van der Waals surface area contributed by atoms with Crippen molar-refractivity contribution in [2.24, 2.45) is 0 Å². The Morgan fingerprint density at radius 1 is 1.28 bits per heavy atom. The molecule has 18 heavy (non-hydrogen) atoms. The summed E-state index contributed by atoms with van der Waals surface area (Å²) in [5.74, 6) is 0. The van der Waals surface area contributed by atoms with Crippen LogP contribution in [0.15, 0.2) is 18.2 Å². The van der Waals surface area contributed by atoms with Gasteiger partial charge in [0.1, 0.15) is 0 Å². The second kappa shape index (κ2) is 8.28. The molecule has 1 aromatic carbocycles. The second-order valence-corrected chi connectivity index (χ2v) is 5.08. The number of methoxy groups -OCH3 is 1. The zero-order valence-electron chi connectivity index (χ0n) is 12.3. The van der Waals surface area contributed by atoms with Crippen molar-refractivity contribution < 1.29 is 4.74 Å². The molecule has 1 N–H and O–H groups in total. The van der Waals surface area contributed by atoms with E-state index in [4.69, 9.17) is 4.74 Å². The second-order valence-electron chi connectivity index (χ2n) is 5.08. The Morgan fingerprint density at radius 3 is 2.72 bits per heavy atom. The maximum atomic E-state index is 5.28. The van der Waals surface area contributed by atoms with Crippen LogP contribution >= 0.6 is 0 Å². The molecule has 0 aromatic heterocycles. The number of nitrogens with one attached hydrogen (secondary N) is 1. The van der Waals surface area contributed by atoms with Crippen LogP contribution in [0.25, 0.3) is 0 Å². The monoisotopic (exact) mass is 249 g/mol. The summed E-state index contributed by atoms with van der Waals surface area (Å²) in [4.78, 5) is 0. The number of rotatable bonds is 8. The van der Waals surface area contributed by atoms with Gasteiger partial charge in [0.2, 0.25) is 0 Å². The van der Waals surface area contributed by atoms with Gasteiger partial charge in [0.15, 0.2) is 0 Å². The molecule has 0 fully saturated rings. The predicted molar refractivity (Wildman–Crippen MR) is 78.2 cm³/mol. The Morgan fingerprint density at radius 2 is 2.06 bits per heavy atom. The van der Waals surface area contributed by atoms with E-state index in [0.717, 1.165) is 26.0 Å². The summed E-state index contributed by atoms with van der Waals surface area (Å²) in [5.41, 5.74) is 4.21. The van der Waals surface area contributed by atoms with Gasteiger partial charge in [0.05, 0.1) is 6.61 Å². The SMILES string of the molecule is CCCNC(CCc1cc(C)ccc1C)COC. The van der Waals surface area contributed by atoms with Crippen LogP contribution in [0.1, 0.15) is 36.5 Å². The minimum absolute atomic E-state index is 0.467. The standard InChI is InChI=1S/C16H27NO/c1-5-10-17-16(12-18-4)9-8-15-11-13(2)6-7-14(15)3/h6-7,11,16-17H,5,8-10,12H2,1-4H3. The lowest BCUT2D eigenvalue weighted by molar-refractivity contribution is 0.162. The topological polar surface area (TPSA) is 21.3 Å². The smallest absolute Gasteiger partial charge is 0.0615 e. The third-order valence-electron chi connectivity index (χ3n) is 3.32. The first-order valence-electron chi connectivity index (χ1n) is 6.95. The molecule has 102 valence electrons. The molecule has 0 bridgehead atoms. The molecule has 2 heteroatoms. The molecule has 0 aliphatic carbocycles. The number of ether oxygens (including phenoxy) is 1. The maximum absolute atomic E-state index is 5.28. The van der Waals surface area contributed by atoms with Crippen molar-refractivity contribution in [1.82, 2.24) is 5.32 Å². The minimum Gasteiger partial charge on any atom is -0.383 e. The van der Waals surface area contributed by atoms with Crippen LogP contribution in [0, 0.1) is 13.8 Å². The average Bonchev–Trinajstić information content (AvgIpc) is 2.36. The van der Waals surface area contributed by atoms with Crippen LogP contribution in [0.5, 0.6) is 0 Å². The van der Waals surface area contributed by atoms with Crippen molar-refractivity contribution in [1.29, 1.82) is 0 Å². The zero-order chi connectivity index (χ0) is 13.4. The molecule has 1 atom stereocenters. The molecular formula is C16H27NO. The average molecular weight is 249 g/mol. The van der Waals surface area contributed by atoms with Gasteiger partial charge < -0.3 is 10.1 Å². The van der Waals surface area contributed by atoms with Crippen molar-refractivity contribution in [3.8, 4) is 0 Å². The zero-order valence-corrected chi connectivity index (χ0v) is 12.3. The Kier molecular flexibility index (Phi) is 6.99. The van der Waals surface area contributed by atoms with Gasteiger partial charge in [0, 0.05) is 13.2 Å². The van der Waals surface area contributed by atoms with Crippen LogP contribution in [0.4, 0.5) is 0 Å². The van der Waals surface area contributed by atoms with Crippen LogP contribution in [-0.4, -0.2) is 26.3 Å². The first-order valence-corrected chi connectivity index (χ1v) is 6.95. The quantitative estimate of drug-likeness (QED) is 0.763. The molecule has 0 aliphatic heterocycles. The molecule has 0 heterocycles. The summed E-state index contributed by atoms with van der Waals surface area (Å²) in [7, 11) is 1.78. The summed E-state index contributed by atoms with van der Waals surface area (Å²) in [6.45, 7) is 8.41. The number of hydrogen-bond donors (Lipinski definition) is 1. The van der Waals surface area contributed by atoms with Gasteiger partial charge in [-0.25, -0.2) is 0 Å². The minimum atomic E-state index is 0.467. The Hall–Kier alpha value is -0.860. The lowest BCUT2D eigenvalue weighted by Crippen LogP contribution is -2.34. The highest BCUT2D eigenvalue weighted by Gasteiger charge is 2.08. The van der Waals surface area contributed by atoms with E-state index < -0.39 is 0 Å². The van der Waals surface area contributed by atoms with E-state index in [1.807, 2.05) is 0 Å². The fraction of sp³-hybridized carbons (Fsp3) is 0.625. The van der Waals surface area contributed by atoms with Gasteiger partial charge in [-0.2, -0.15) is 0 Å². The van der Waals surface area contributed by atoms with Gasteiger partial charge in [-0.1, -0.05) is 30.7 Å². The van der Waals surface area contributed by atoms with E-state index in [1.54, 1.807) is 7.11 Å². The summed E-state index contributed by atoms with van der Waals surface area (Å²) >= 11 is 0. The number of hydrogen-bond acceptors (Lipinski definition) is 2. The first-order chi connectivity index (χ1) is 8.67. The molecule has 0 radical (unpaired) electrons. The molecule has 0 amide bonds. The van der Waals surface area contributed by atoms with E-state index in [2.05, 4.69) is 44.3 Å². The molecule has 2 nitrogen and oxygen atoms in total. The molecular weight excluding hydrogens is 222 g/mol. The third-order valence-corrected chi connectivity index (χ3v) is 3.32. The largest absolute Gasteiger partial charge is 0.383 e. The van der Waals surface area contributed by atoms with Gasteiger partial charge in [-0.15, -0.1) is 0 Å². The van der Waals surface area contributed by atoms with E-state index in [1.165, 1.54) is 23.1 Å². The number of benzene rings is 1. The van der Waals surface area contributed by atoms with E-state index >= 15 is 0 Å². The van der Waals surface area contributed by atoms with Gasteiger partial charge in [-0.3, -0.25) is 0 Å². The van der Waals surface area contributed by atoms with Crippen molar-refractivity contribution in [2.75, 3.05) is 20.3 Å². The highest BCUT2D eigenvalue weighted by molar-refractivity contribution is 5.30. The first kappa shape index (κ1) is 15.2. The summed E-state index contributed by atoms with van der Waals surface area (Å²) in [6.07, 6.45) is 3.43. The molecule has 1 aromatic rings. The Balaban J connectivity index is 2.52. The van der Waals surface area contributed by atoms with E-state index in [0.29, 0.717) is 6.04 Å². The Bertz CT molecular complexity index is 349. The van der Waals surface area contributed by atoms with Crippen LogP contribution in [0.3, 0.4) is 0 Å². The molecule has 0 saturated carbocycles. The molecule has 0 aliphatic rings. The van der Waals surface area contributed by atoms with Gasteiger partial charge in [-0.05, 0) is 50.8 Å². The van der Waals surface area contributed by atoms with Crippen molar-refractivity contribution in [3.63, 3.8) is 0 Å². The lowest BCUT2D eigenvalue weighted by Gasteiger charge is -2.18. The molecule has 1 unspecified atom stereocenters. The van der Waals surface area contributed by atoms with Crippen molar-refractivity contribution in [2.45, 2.75) is 46.1 Å².